The minimum Gasteiger partial charge on any atom is -0.352 e. The molecular weight excluding hydrogens is 232 g/mol. The van der Waals surface area contributed by atoms with Crippen LogP contribution < -0.4 is 10.0 Å². The zero-order valence-electron chi connectivity index (χ0n) is 8.43. The number of aromatic nitrogens is 2. The van der Waals surface area contributed by atoms with E-state index in [1.54, 1.807) is 0 Å². The van der Waals surface area contributed by atoms with E-state index < -0.39 is 10.0 Å². The van der Waals surface area contributed by atoms with Gasteiger partial charge in [0.25, 0.3) is 10.0 Å². The normalized spacial score (nSPS) is 21.0. The maximum atomic E-state index is 11.6. The number of carbonyl (C=O) groups is 1. The fraction of sp³-hybridized carbons (Fsp3) is 0.500. The number of imidazole rings is 1. The first kappa shape index (κ1) is 11.1. The Hall–Kier alpha value is -1.41. The number of hydrogen-bond acceptors (Lipinski definition) is 4. The summed E-state index contributed by atoms with van der Waals surface area (Å²) in [6, 6.07) is -0.120. The predicted octanol–water partition coefficient (Wildman–Crippen LogP) is -1.03. The Bertz CT molecular complexity index is 467. The fourth-order valence-electron chi connectivity index (χ4n) is 1.51. The molecule has 1 aromatic rings. The van der Waals surface area contributed by atoms with Crippen molar-refractivity contribution in [1.29, 1.82) is 0 Å². The topological polar surface area (TPSA) is 104 Å². The molecule has 0 spiro atoms. The molecule has 16 heavy (non-hydrogen) atoms. The van der Waals surface area contributed by atoms with Gasteiger partial charge in [-0.25, -0.2) is 18.1 Å². The molecule has 2 rings (SSSR count). The number of aromatic amines is 1. The number of nitrogens with zero attached hydrogens (tertiary/aromatic N) is 1. The van der Waals surface area contributed by atoms with Crippen LogP contribution in [-0.2, 0) is 14.8 Å². The summed E-state index contributed by atoms with van der Waals surface area (Å²) in [4.78, 5) is 17.1. The van der Waals surface area contributed by atoms with Gasteiger partial charge in [0.1, 0.15) is 0 Å². The zero-order valence-corrected chi connectivity index (χ0v) is 9.25. The van der Waals surface area contributed by atoms with E-state index in [0.717, 1.165) is 0 Å². The molecule has 1 amide bonds. The highest BCUT2D eigenvalue weighted by molar-refractivity contribution is 7.89. The first-order valence-electron chi connectivity index (χ1n) is 4.85. The molecule has 1 saturated heterocycles. The summed E-state index contributed by atoms with van der Waals surface area (Å²) in [5.41, 5.74) is 0. The maximum Gasteiger partial charge on any atom is 0.257 e. The van der Waals surface area contributed by atoms with Crippen molar-refractivity contribution >= 4 is 15.9 Å². The summed E-state index contributed by atoms with van der Waals surface area (Å²) in [5.74, 6) is -0.0364. The number of rotatable bonds is 4. The highest BCUT2D eigenvalue weighted by Crippen LogP contribution is 2.07. The molecule has 0 aromatic carbocycles. The molecule has 1 fully saturated rings. The van der Waals surface area contributed by atoms with E-state index in [1.807, 2.05) is 0 Å². The lowest BCUT2D eigenvalue weighted by Crippen LogP contribution is -2.38. The number of hydrogen-bond donors (Lipinski definition) is 3. The molecule has 1 aromatic heterocycles. The van der Waals surface area contributed by atoms with Gasteiger partial charge in [-0.3, -0.25) is 4.79 Å². The van der Waals surface area contributed by atoms with Crippen molar-refractivity contribution in [3.05, 3.63) is 12.5 Å². The standard InChI is InChI=1S/C8H12N4O3S/c13-7-2-1-6(12-7)3-11-16(14,15)8-4-9-5-10-8/h4-6,11H,1-3H2,(H,9,10)(H,12,13). The molecule has 1 atom stereocenters. The lowest BCUT2D eigenvalue weighted by Gasteiger charge is -2.10. The maximum absolute atomic E-state index is 11.6. The lowest BCUT2D eigenvalue weighted by atomic mass is 10.2. The Morgan fingerprint density at radius 3 is 2.94 bits per heavy atom. The fourth-order valence-corrected chi connectivity index (χ4v) is 2.49. The molecule has 1 unspecified atom stereocenters. The molecule has 8 heteroatoms. The van der Waals surface area contributed by atoms with E-state index in [9.17, 15) is 13.2 Å². The van der Waals surface area contributed by atoms with Crippen molar-refractivity contribution in [2.24, 2.45) is 0 Å². The smallest absolute Gasteiger partial charge is 0.257 e. The molecule has 0 saturated carbocycles. The Morgan fingerprint density at radius 2 is 2.38 bits per heavy atom. The van der Waals surface area contributed by atoms with Crippen molar-refractivity contribution in [3.8, 4) is 0 Å². The summed E-state index contributed by atoms with van der Waals surface area (Å²) in [6.45, 7) is 0.201. The molecule has 0 radical (unpaired) electrons. The largest absolute Gasteiger partial charge is 0.352 e. The van der Waals surface area contributed by atoms with Crippen LogP contribution in [0.25, 0.3) is 0 Å². The Labute approximate surface area is 92.7 Å². The third kappa shape index (κ3) is 2.39. The molecule has 2 heterocycles. The van der Waals surface area contributed by atoms with Crippen LogP contribution in [0, 0.1) is 0 Å². The number of nitrogens with one attached hydrogen (secondary N) is 3. The molecule has 0 aliphatic carbocycles. The average Bonchev–Trinajstić information content (AvgIpc) is 2.85. The number of carbonyl (C=O) groups excluding carboxylic acids is 1. The van der Waals surface area contributed by atoms with Crippen LogP contribution in [0.2, 0.25) is 0 Å². The van der Waals surface area contributed by atoms with Crippen LogP contribution in [0.4, 0.5) is 0 Å². The van der Waals surface area contributed by atoms with Crippen molar-refractivity contribution in [1.82, 2.24) is 20.0 Å². The summed E-state index contributed by atoms with van der Waals surface area (Å²) in [6.07, 6.45) is 3.64. The monoisotopic (exact) mass is 244 g/mol. The van der Waals surface area contributed by atoms with Gasteiger partial charge in [0, 0.05) is 19.0 Å². The molecular formula is C8H12N4O3S. The van der Waals surface area contributed by atoms with Crippen LogP contribution in [0.1, 0.15) is 12.8 Å². The number of H-pyrrole nitrogens is 1. The van der Waals surface area contributed by atoms with Crippen LogP contribution >= 0.6 is 0 Å². The van der Waals surface area contributed by atoms with Gasteiger partial charge in [0.15, 0.2) is 5.03 Å². The Kier molecular flexibility index (Phi) is 2.92. The summed E-state index contributed by atoms with van der Waals surface area (Å²) >= 11 is 0. The highest BCUT2D eigenvalue weighted by atomic mass is 32.2. The molecule has 3 N–H and O–H groups in total. The second-order valence-electron chi connectivity index (χ2n) is 3.57. The SMILES string of the molecule is O=C1CCC(CNS(=O)(=O)c2cnc[nH]2)N1. The Balaban J connectivity index is 1.93. The van der Waals surface area contributed by atoms with Gasteiger partial charge in [0.05, 0.1) is 12.5 Å². The van der Waals surface area contributed by atoms with Crippen LogP contribution in [0.15, 0.2) is 17.6 Å². The molecule has 88 valence electrons. The number of sulfonamides is 1. The average molecular weight is 244 g/mol. The van der Waals surface area contributed by atoms with Gasteiger partial charge >= 0.3 is 0 Å². The second-order valence-corrected chi connectivity index (χ2v) is 5.31. The van der Waals surface area contributed by atoms with Crippen LogP contribution in [0.3, 0.4) is 0 Å². The minimum absolute atomic E-state index is 0.0248. The van der Waals surface area contributed by atoms with Gasteiger partial charge in [-0.1, -0.05) is 0 Å². The van der Waals surface area contributed by atoms with Gasteiger partial charge < -0.3 is 10.3 Å². The summed E-state index contributed by atoms with van der Waals surface area (Å²) < 4.78 is 25.7. The molecule has 0 bridgehead atoms. The quantitative estimate of drug-likeness (QED) is 0.629. The zero-order chi connectivity index (χ0) is 11.6. The Morgan fingerprint density at radius 1 is 1.56 bits per heavy atom. The highest BCUT2D eigenvalue weighted by Gasteiger charge is 2.23. The van der Waals surface area contributed by atoms with Crippen LogP contribution in [-0.4, -0.2) is 36.9 Å². The third-order valence-corrected chi connectivity index (χ3v) is 3.72. The summed E-state index contributed by atoms with van der Waals surface area (Å²) in [7, 11) is -3.54. The van der Waals surface area contributed by atoms with Gasteiger partial charge in [-0.15, -0.1) is 0 Å². The van der Waals surface area contributed by atoms with Crippen molar-refractivity contribution in [2.45, 2.75) is 23.9 Å². The van der Waals surface area contributed by atoms with E-state index in [4.69, 9.17) is 0 Å². The summed E-state index contributed by atoms with van der Waals surface area (Å²) in [5, 5.41) is 2.70. The first-order valence-corrected chi connectivity index (χ1v) is 6.33. The molecule has 1 aliphatic heterocycles. The number of amides is 1. The van der Waals surface area contributed by atoms with Crippen molar-refractivity contribution in [2.75, 3.05) is 6.54 Å². The minimum atomic E-state index is -3.54. The van der Waals surface area contributed by atoms with Crippen LogP contribution in [0.5, 0.6) is 0 Å². The lowest BCUT2D eigenvalue weighted by molar-refractivity contribution is -0.119. The van der Waals surface area contributed by atoms with E-state index in [1.165, 1.54) is 12.5 Å². The van der Waals surface area contributed by atoms with E-state index in [0.29, 0.717) is 12.8 Å². The van der Waals surface area contributed by atoms with Gasteiger partial charge in [-0.05, 0) is 6.42 Å². The molecule has 7 nitrogen and oxygen atoms in total. The van der Waals surface area contributed by atoms with E-state index in [2.05, 4.69) is 20.0 Å². The van der Waals surface area contributed by atoms with E-state index >= 15 is 0 Å². The second kappa shape index (κ2) is 4.22. The van der Waals surface area contributed by atoms with Gasteiger partial charge in [0.2, 0.25) is 5.91 Å². The third-order valence-electron chi connectivity index (χ3n) is 2.37. The predicted molar refractivity (Wildman–Crippen MR) is 54.9 cm³/mol. The first-order chi connectivity index (χ1) is 7.58. The van der Waals surface area contributed by atoms with E-state index in [-0.39, 0.29) is 23.5 Å². The molecule has 1 aliphatic rings. The van der Waals surface area contributed by atoms with Gasteiger partial charge in [-0.2, -0.15) is 0 Å². The van der Waals surface area contributed by atoms with Crippen molar-refractivity contribution < 1.29 is 13.2 Å². The van der Waals surface area contributed by atoms with Crippen molar-refractivity contribution in [3.63, 3.8) is 0 Å².